The predicted octanol–water partition coefficient (Wildman–Crippen LogP) is 18.3. The topological polar surface area (TPSA) is 13.0 Å². The molecule has 398 valence electrons. The summed E-state index contributed by atoms with van der Waals surface area (Å²) in [6, 6.07) is 71.4. The van der Waals surface area contributed by atoms with Crippen LogP contribution in [0, 0.1) is 20.8 Å². The Labute approximate surface area is 488 Å². The number of anilines is 10. The summed E-state index contributed by atoms with van der Waals surface area (Å²) in [4.78, 5) is 10.6. The maximum absolute atomic E-state index is 2.70. The Morgan fingerprint density at radius 2 is 0.915 bits per heavy atom. The molecule has 0 atom stereocenters. The molecule has 0 bridgehead atoms. The summed E-state index contributed by atoms with van der Waals surface area (Å²) in [7, 11) is 0. The van der Waals surface area contributed by atoms with Crippen LogP contribution in [0.1, 0.15) is 95.7 Å². The van der Waals surface area contributed by atoms with Crippen LogP contribution in [0.4, 0.5) is 56.9 Å². The van der Waals surface area contributed by atoms with Gasteiger partial charge in [0.1, 0.15) is 0 Å². The first-order valence-electron chi connectivity index (χ1n) is 29.5. The molecule has 11 aromatic rings. The summed E-state index contributed by atoms with van der Waals surface area (Å²) >= 11 is 1.89. The van der Waals surface area contributed by atoms with Crippen molar-refractivity contribution in [2.24, 2.45) is 0 Å². The van der Waals surface area contributed by atoms with Crippen molar-refractivity contribution in [1.82, 2.24) is 0 Å². The van der Waals surface area contributed by atoms with Gasteiger partial charge in [-0.15, -0.1) is 11.3 Å². The number of hydrogen-bond donors (Lipinski definition) is 0. The van der Waals surface area contributed by atoms with Gasteiger partial charge in [0.25, 0.3) is 6.71 Å². The standard InChI is InChI=1S/C75H66B2N4S/c1-43-33-66-72-67(34-43)79(51-35-44(2)70(45(3)36-51)46-25-31-55-54-21-15-18-24-68(54)82-69(55)37-46)63-42-65-64(41-59(63)76(72)58-32-28-48(74(7,8)9)40-62(58)78(66)50-29-26-47(27-30-50)73(4,5)6)80-60-22-16-13-19-52(60)56-38-49(75(10,11)12)39-57-53-20-14-17-23-61(53)81(65)77(80)71(56)57/h13-42H,1-12H3. The zero-order valence-corrected chi connectivity index (χ0v) is 50.0. The maximum atomic E-state index is 2.70. The molecular weight excluding hydrogens is 1010 g/mol. The Kier molecular flexibility index (Phi) is 10.2. The zero-order chi connectivity index (χ0) is 56.2. The van der Waals surface area contributed by atoms with E-state index in [1.165, 1.54) is 166 Å². The Balaban J connectivity index is 0.979. The minimum Gasteiger partial charge on any atom is -0.359 e. The van der Waals surface area contributed by atoms with Crippen LogP contribution in [0.15, 0.2) is 182 Å². The Bertz CT molecular complexity index is 4560. The highest BCUT2D eigenvalue weighted by molar-refractivity contribution is 7.25. The number of fused-ring (bicyclic) bond motifs is 16. The first-order valence-corrected chi connectivity index (χ1v) is 30.3. The van der Waals surface area contributed by atoms with E-state index in [4.69, 9.17) is 0 Å². The summed E-state index contributed by atoms with van der Waals surface area (Å²) in [6.45, 7) is 27.9. The fraction of sp³-hybridized carbons (Fsp3) is 0.200. The molecule has 4 nitrogen and oxygen atoms in total. The molecule has 82 heavy (non-hydrogen) atoms. The van der Waals surface area contributed by atoms with E-state index in [-0.39, 0.29) is 29.9 Å². The van der Waals surface area contributed by atoms with Crippen molar-refractivity contribution >= 4 is 124 Å². The van der Waals surface area contributed by atoms with Crippen molar-refractivity contribution in [2.45, 2.75) is 99.3 Å². The van der Waals surface area contributed by atoms with E-state index in [9.17, 15) is 0 Å². The Morgan fingerprint density at radius 1 is 0.366 bits per heavy atom. The van der Waals surface area contributed by atoms with Crippen LogP contribution in [0.3, 0.4) is 0 Å². The lowest BCUT2D eigenvalue weighted by atomic mass is 9.33. The molecule has 5 aliphatic rings. The van der Waals surface area contributed by atoms with Crippen LogP contribution in [-0.4, -0.2) is 13.7 Å². The predicted molar refractivity (Wildman–Crippen MR) is 356 cm³/mol. The van der Waals surface area contributed by atoms with E-state index in [2.05, 4.69) is 284 Å². The molecule has 7 heteroatoms. The average Bonchev–Trinajstić information content (AvgIpc) is 1.96. The number of thiophene rings is 1. The summed E-state index contributed by atoms with van der Waals surface area (Å²) in [5, 5.41) is 2.66. The fourth-order valence-corrected chi connectivity index (χ4v) is 16.0. The lowest BCUT2D eigenvalue weighted by molar-refractivity contribution is 0.590. The third-order valence-corrected chi connectivity index (χ3v) is 20.0. The van der Waals surface area contributed by atoms with E-state index >= 15 is 0 Å². The molecule has 1 aromatic heterocycles. The van der Waals surface area contributed by atoms with Gasteiger partial charge in [-0.3, -0.25) is 0 Å². The van der Waals surface area contributed by atoms with Gasteiger partial charge >= 0.3 is 6.98 Å². The van der Waals surface area contributed by atoms with E-state index < -0.39 is 0 Å². The van der Waals surface area contributed by atoms with Crippen molar-refractivity contribution in [3.63, 3.8) is 0 Å². The lowest BCUT2D eigenvalue weighted by Crippen LogP contribution is -2.61. The second-order valence-corrected chi connectivity index (χ2v) is 28.3. The van der Waals surface area contributed by atoms with Gasteiger partial charge in [-0.2, -0.15) is 0 Å². The first-order chi connectivity index (χ1) is 39.3. The van der Waals surface area contributed by atoms with Gasteiger partial charge < -0.3 is 19.4 Å². The number of para-hydroxylation sites is 2. The van der Waals surface area contributed by atoms with Crippen LogP contribution < -0.4 is 41.3 Å². The lowest BCUT2D eigenvalue weighted by Gasteiger charge is -2.45. The van der Waals surface area contributed by atoms with E-state index in [0.717, 1.165) is 0 Å². The fourth-order valence-electron chi connectivity index (χ4n) is 14.9. The highest BCUT2D eigenvalue weighted by Crippen LogP contribution is 2.58. The van der Waals surface area contributed by atoms with Gasteiger partial charge in [0.2, 0.25) is 0 Å². The third-order valence-electron chi connectivity index (χ3n) is 18.8. The van der Waals surface area contributed by atoms with Crippen molar-refractivity contribution in [3.05, 3.63) is 215 Å². The third kappa shape index (κ3) is 6.99. The summed E-state index contributed by atoms with van der Waals surface area (Å²) < 4.78 is 2.66. The molecule has 0 aliphatic carbocycles. The SMILES string of the molecule is Cc1cc2c3c(c1)N(c1cc(C)c(-c4ccc5c(c4)sc4ccccc45)c(C)c1)c1cc4c(cc1B3c1ccc(C(C)(C)C)cc1N2c1ccc(C(C)(C)C)cc1)N1B2c3c(cc(C(C)(C)C)cc3-c3ccccc3N24)-c2ccccc21. The van der Waals surface area contributed by atoms with Crippen LogP contribution >= 0.6 is 11.3 Å². The van der Waals surface area contributed by atoms with Crippen LogP contribution in [0.2, 0.25) is 0 Å². The molecule has 0 saturated heterocycles. The summed E-state index contributed by atoms with van der Waals surface area (Å²) in [5.41, 5.74) is 33.2. The molecule has 5 aliphatic heterocycles. The second kappa shape index (κ2) is 16.9. The monoisotopic (exact) mass is 1080 g/mol. The molecule has 0 saturated carbocycles. The smallest absolute Gasteiger partial charge is 0.359 e. The summed E-state index contributed by atoms with van der Waals surface area (Å²) in [5.74, 6) is 0. The molecule has 0 N–H and O–H groups in total. The molecule has 0 fully saturated rings. The van der Waals surface area contributed by atoms with E-state index in [0.29, 0.717) is 0 Å². The van der Waals surface area contributed by atoms with Crippen LogP contribution in [-0.2, 0) is 16.2 Å². The van der Waals surface area contributed by atoms with Crippen molar-refractivity contribution in [2.75, 3.05) is 19.4 Å². The molecule has 0 spiro atoms. The highest BCUT2D eigenvalue weighted by Gasteiger charge is 2.54. The number of benzene rings is 10. The molecular formula is C75H66B2N4S. The summed E-state index contributed by atoms with van der Waals surface area (Å²) in [6.07, 6.45) is 0. The minimum absolute atomic E-state index is 0.0248. The van der Waals surface area contributed by atoms with Gasteiger partial charge in [-0.1, -0.05) is 165 Å². The Hall–Kier alpha value is -8.25. The largest absolute Gasteiger partial charge is 0.422 e. The molecule has 6 heterocycles. The molecule has 0 unspecified atom stereocenters. The highest BCUT2D eigenvalue weighted by atomic mass is 32.1. The van der Waals surface area contributed by atoms with E-state index in [1.54, 1.807) is 0 Å². The number of rotatable bonds is 3. The average molecular weight is 1080 g/mol. The first kappa shape index (κ1) is 49.6. The number of hydrogen-bond acceptors (Lipinski definition) is 5. The van der Waals surface area contributed by atoms with Crippen LogP contribution in [0.5, 0.6) is 0 Å². The van der Waals surface area contributed by atoms with Gasteiger partial charge in [-0.25, -0.2) is 0 Å². The quantitative estimate of drug-likeness (QED) is 0.164. The molecule has 10 aromatic carbocycles. The van der Waals surface area contributed by atoms with Gasteiger partial charge in [0.05, 0.1) is 11.4 Å². The molecule has 16 rings (SSSR count). The number of nitrogens with zero attached hydrogens (tertiary/aromatic N) is 4. The normalized spacial score (nSPS) is 14.4. The molecule has 0 radical (unpaired) electrons. The minimum atomic E-state index is -0.0714. The van der Waals surface area contributed by atoms with Gasteiger partial charge in [0, 0.05) is 76.8 Å². The van der Waals surface area contributed by atoms with Crippen LogP contribution in [0.25, 0.3) is 53.6 Å². The van der Waals surface area contributed by atoms with Crippen molar-refractivity contribution in [1.29, 1.82) is 0 Å². The van der Waals surface area contributed by atoms with Crippen molar-refractivity contribution < 1.29 is 0 Å². The zero-order valence-electron chi connectivity index (χ0n) is 49.2. The van der Waals surface area contributed by atoms with Crippen molar-refractivity contribution in [3.8, 4) is 33.4 Å². The van der Waals surface area contributed by atoms with E-state index in [1.807, 2.05) is 11.3 Å². The maximum Gasteiger partial charge on any atom is 0.422 e. The van der Waals surface area contributed by atoms with Gasteiger partial charge in [-0.05, 0) is 193 Å². The van der Waals surface area contributed by atoms with Gasteiger partial charge in [0.15, 0.2) is 0 Å². The number of aryl methyl sites for hydroxylation is 3. The Morgan fingerprint density at radius 3 is 1.55 bits per heavy atom. The molecule has 0 amide bonds. The second-order valence-electron chi connectivity index (χ2n) is 27.2.